The summed E-state index contributed by atoms with van der Waals surface area (Å²) in [7, 11) is 0. The van der Waals surface area contributed by atoms with Crippen molar-refractivity contribution in [2.75, 3.05) is 0 Å². The highest BCUT2D eigenvalue weighted by atomic mass is 16.7. The topological polar surface area (TPSA) is 18.5 Å². The first-order valence-electron chi connectivity index (χ1n) is 8.13. The van der Waals surface area contributed by atoms with Crippen molar-refractivity contribution in [3.05, 3.63) is 102 Å². The second kappa shape index (κ2) is 7.57. The molecule has 0 bridgehead atoms. The zero-order chi connectivity index (χ0) is 17.6. The van der Waals surface area contributed by atoms with Crippen molar-refractivity contribution in [3.63, 3.8) is 0 Å². The molecule has 3 rings (SSSR count). The molecule has 0 aliphatic rings. The van der Waals surface area contributed by atoms with Crippen molar-refractivity contribution in [2.24, 2.45) is 0 Å². The zero-order valence-corrected chi connectivity index (χ0v) is 14.5. The Balaban J connectivity index is 1.70. The van der Waals surface area contributed by atoms with E-state index < -0.39 is 0 Å². The molecule has 0 atom stereocenters. The van der Waals surface area contributed by atoms with Gasteiger partial charge in [-0.15, -0.1) is 0 Å². The third-order valence-corrected chi connectivity index (χ3v) is 3.83. The fourth-order valence-corrected chi connectivity index (χ4v) is 2.37. The molecule has 0 aliphatic carbocycles. The molecule has 0 aliphatic heterocycles. The largest absolute Gasteiger partial charge is 0.420 e. The molecule has 0 amide bonds. The Morgan fingerprint density at radius 3 is 1.44 bits per heavy atom. The van der Waals surface area contributed by atoms with Gasteiger partial charge in [0.25, 0.3) is 0 Å². The third kappa shape index (κ3) is 4.41. The van der Waals surface area contributed by atoms with Gasteiger partial charge in [-0.3, -0.25) is 0 Å². The highest BCUT2D eigenvalue weighted by molar-refractivity contribution is 5.64. The second-order valence-corrected chi connectivity index (χ2v) is 5.87. The Kier molecular flexibility index (Phi) is 5.03. The Morgan fingerprint density at radius 1 is 0.640 bits per heavy atom. The molecule has 0 spiro atoms. The summed E-state index contributed by atoms with van der Waals surface area (Å²) in [5.74, 6) is 1.59. The lowest BCUT2D eigenvalue weighted by Gasteiger charge is -2.10. The maximum Gasteiger partial charge on any atom is 0.338 e. The fraction of sp³-hybridized carbons (Fsp3) is 0.0870. The van der Waals surface area contributed by atoms with Crippen LogP contribution in [0.1, 0.15) is 11.1 Å². The lowest BCUT2D eigenvalue weighted by atomic mass is 10.0. The first-order chi connectivity index (χ1) is 12.1. The van der Waals surface area contributed by atoms with Gasteiger partial charge in [0.05, 0.1) is 0 Å². The van der Waals surface area contributed by atoms with Gasteiger partial charge in [-0.2, -0.15) is 0 Å². The predicted octanol–water partition coefficient (Wildman–Crippen LogP) is 6.05. The van der Waals surface area contributed by atoms with E-state index in [2.05, 4.69) is 43.5 Å². The Bertz CT molecular complexity index is 882. The molecule has 0 heterocycles. The van der Waals surface area contributed by atoms with Crippen molar-refractivity contribution in [1.82, 2.24) is 0 Å². The molecule has 3 aromatic rings. The molecule has 2 heteroatoms. The first-order valence-corrected chi connectivity index (χ1v) is 8.13. The van der Waals surface area contributed by atoms with Crippen molar-refractivity contribution in [2.45, 2.75) is 13.8 Å². The van der Waals surface area contributed by atoms with Crippen LogP contribution >= 0.6 is 0 Å². The minimum absolute atomic E-state index is 0.229. The van der Waals surface area contributed by atoms with Gasteiger partial charge < -0.3 is 9.47 Å². The van der Waals surface area contributed by atoms with Gasteiger partial charge in [0.2, 0.25) is 0 Å². The zero-order valence-electron chi connectivity index (χ0n) is 14.5. The van der Waals surface area contributed by atoms with E-state index in [1.807, 2.05) is 55.5 Å². The van der Waals surface area contributed by atoms with Crippen LogP contribution in [0.15, 0.2) is 91.1 Å². The number of aryl methyl sites for hydroxylation is 2. The normalized spacial score (nSPS) is 10.0. The lowest BCUT2D eigenvalue weighted by Crippen LogP contribution is -2.02. The standard InChI is InChI=1S/C23H20O2/c1-4-23(24-21-13-7-18(3)8-14-21)25-22-15-11-20(12-16-22)19-9-5-17(2)6-10-19/h5-16H,1H2,2-3H3. The minimum Gasteiger partial charge on any atom is -0.420 e. The smallest absolute Gasteiger partial charge is 0.338 e. The summed E-state index contributed by atoms with van der Waals surface area (Å²) in [5.41, 5.74) is 7.42. The summed E-state index contributed by atoms with van der Waals surface area (Å²) in [6.07, 6.45) is 0. The molecule has 3 aromatic carbocycles. The predicted molar refractivity (Wildman–Crippen MR) is 102 cm³/mol. The van der Waals surface area contributed by atoms with Gasteiger partial charge in [-0.05, 0) is 61.5 Å². The van der Waals surface area contributed by atoms with Crippen molar-refractivity contribution in [3.8, 4) is 22.6 Å². The molecular formula is C23H20O2. The van der Waals surface area contributed by atoms with E-state index >= 15 is 0 Å². The van der Waals surface area contributed by atoms with E-state index in [4.69, 9.17) is 9.47 Å². The highest BCUT2D eigenvalue weighted by Crippen LogP contribution is 2.24. The van der Waals surface area contributed by atoms with Crippen LogP contribution < -0.4 is 9.47 Å². The van der Waals surface area contributed by atoms with Gasteiger partial charge in [-0.1, -0.05) is 59.7 Å². The number of hydrogen-bond acceptors (Lipinski definition) is 2. The number of benzene rings is 3. The van der Waals surface area contributed by atoms with Gasteiger partial charge in [0.1, 0.15) is 11.5 Å². The first kappa shape index (κ1) is 16.6. The molecule has 0 N–H and O–H groups in total. The summed E-state index contributed by atoms with van der Waals surface area (Å²) >= 11 is 0. The van der Waals surface area contributed by atoms with E-state index in [1.165, 1.54) is 16.7 Å². The highest BCUT2D eigenvalue weighted by Gasteiger charge is 2.04. The fourth-order valence-electron chi connectivity index (χ4n) is 2.37. The second-order valence-electron chi connectivity index (χ2n) is 5.87. The molecule has 0 fully saturated rings. The Morgan fingerprint density at radius 2 is 1.00 bits per heavy atom. The van der Waals surface area contributed by atoms with Crippen LogP contribution in [0.25, 0.3) is 11.1 Å². The summed E-state index contributed by atoms with van der Waals surface area (Å²) in [6.45, 7) is 7.74. The molecule has 0 aromatic heterocycles. The van der Waals surface area contributed by atoms with E-state index in [0.29, 0.717) is 11.5 Å². The minimum atomic E-state index is 0.229. The van der Waals surface area contributed by atoms with Crippen LogP contribution in [0, 0.1) is 13.8 Å². The maximum atomic E-state index is 5.73. The lowest BCUT2D eigenvalue weighted by molar-refractivity contribution is 0.227. The Hall–Kier alpha value is -3.22. The molecule has 0 saturated heterocycles. The average molecular weight is 328 g/mol. The van der Waals surface area contributed by atoms with Crippen molar-refractivity contribution in [1.29, 1.82) is 0 Å². The van der Waals surface area contributed by atoms with Crippen LogP contribution in [-0.2, 0) is 0 Å². The van der Waals surface area contributed by atoms with E-state index in [-0.39, 0.29) is 5.95 Å². The van der Waals surface area contributed by atoms with Crippen LogP contribution in [-0.4, -0.2) is 0 Å². The molecular weight excluding hydrogens is 308 g/mol. The van der Waals surface area contributed by atoms with Crippen molar-refractivity contribution < 1.29 is 9.47 Å². The summed E-state index contributed by atoms with van der Waals surface area (Å²) in [4.78, 5) is 0. The molecule has 0 unspecified atom stereocenters. The molecule has 0 radical (unpaired) electrons. The number of hydrogen-bond donors (Lipinski definition) is 0. The monoisotopic (exact) mass is 328 g/mol. The van der Waals surface area contributed by atoms with Gasteiger partial charge in [0, 0.05) is 0 Å². The molecule has 0 saturated carbocycles. The van der Waals surface area contributed by atoms with Crippen LogP contribution in [0.3, 0.4) is 0 Å². The molecule has 124 valence electrons. The molecule has 2 nitrogen and oxygen atoms in total. The van der Waals surface area contributed by atoms with Crippen LogP contribution in [0.4, 0.5) is 0 Å². The molecule has 25 heavy (non-hydrogen) atoms. The van der Waals surface area contributed by atoms with Crippen LogP contribution in [0.2, 0.25) is 0 Å². The summed E-state index contributed by atoms with van der Waals surface area (Å²) < 4.78 is 11.4. The number of rotatable bonds is 5. The van der Waals surface area contributed by atoms with Gasteiger partial charge >= 0.3 is 5.95 Å². The van der Waals surface area contributed by atoms with Gasteiger partial charge in [0.15, 0.2) is 0 Å². The van der Waals surface area contributed by atoms with Crippen molar-refractivity contribution >= 4 is 0 Å². The van der Waals surface area contributed by atoms with Gasteiger partial charge in [-0.25, -0.2) is 0 Å². The SMILES string of the molecule is C=C=C(Oc1ccc(C)cc1)Oc1ccc(-c2ccc(C)cc2)cc1. The third-order valence-electron chi connectivity index (χ3n) is 3.83. The Labute approximate surface area is 148 Å². The number of ether oxygens (including phenoxy) is 2. The van der Waals surface area contributed by atoms with E-state index in [0.717, 1.165) is 5.56 Å². The quantitative estimate of drug-likeness (QED) is 0.419. The summed E-state index contributed by atoms with van der Waals surface area (Å²) in [6, 6.07) is 24.0. The van der Waals surface area contributed by atoms with E-state index in [1.54, 1.807) is 0 Å². The average Bonchev–Trinajstić information content (AvgIpc) is 2.64. The summed E-state index contributed by atoms with van der Waals surface area (Å²) in [5, 5.41) is 0. The van der Waals surface area contributed by atoms with Crippen LogP contribution in [0.5, 0.6) is 11.5 Å². The maximum absolute atomic E-state index is 5.73. The van der Waals surface area contributed by atoms with E-state index in [9.17, 15) is 0 Å².